The topological polar surface area (TPSA) is 56.7 Å². The summed E-state index contributed by atoms with van der Waals surface area (Å²) in [6, 6.07) is 5.25. The molecule has 0 bridgehead atoms. The quantitative estimate of drug-likeness (QED) is 0.886. The van der Waals surface area contributed by atoms with Crippen molar-refractivity contribution in [2.75, 3.05) is 26.2 Å². The van der Waals surface area contributed by atoms with Crippen LogP contribution in [0.5, 0.6) is 0 Å². The van der Waals surface area contributed by atoms with Gasteiger partial charge in [-0.15, -0.1) is 0 Å². The fraction of sp³-hybridized carbons (Fsp3) is 0.600. The second-order valence-electron chi connectivity index (χ2n) is 5.18. The lowest BCUT2D eigenvalue weighted by atomic mass is 10.0. The molecule has 20 heavy (non-hydrogen) atoms. The van der Waals surface area contributed by atoms with Crippen molar-refractivity contribution in [1.82, 2.24) is 14.8 Å². The summed E-state index contributed by atoms with van der Waals surface area (Å²) in [6.45, 7) is 7.83. The Morgan fingerprint density at radius 3 is 2.80 bits per heavy atom. The van der Waals surface area contributed by atoms with E-state index in [9.17, 15) is 9.90 Å². The molecule has 2 rings (SSSR count). The van der Waals surface area contributed by atoms with Gasteiger partial charge in [-0.2, -0.15) is 0 Å². The second kappa shape index (κ2) is 6.81. The normalized spacial score (nSPS) is 22.6. The molecule has 2 heterocycles. The number of hydrogen-bond acceptors (Lipinski definition) is 4. The van der Waals surface area contributed by atoms with Gasteiger partial charge in [-0.3, -0.25) is 19.6 Å². The summed E-state index contributed by atoms with van der Waals surface area (Å²) in [4.78, 5) is 20.4. The molecular formula is C15H23N3O2. The minimum Gasteiger partial charge on any atom is -0.480 e. The lowest BCUT2D eigenvalue weighted by Crippen LogP contribution is -2.54. The number of carbonyl (C=O) groups is 1. The summed E-state index contributed by atoms with van der Waals surface area (Å²) in [6.07, 6.45) is 2.70. The molecule has 110 valence electrons. The summed E-state index contributed by atoms with van der Waals surface area (Å²) < 4.78 is 0. The minimum absolute atomic E-state index is 0.430. The molecule has 0 aliphatic carbocycles. The summed E-state index contributed by atoms with van der Waals surface area (Å²) in [7, 11) is 0. The number of likely N-dealkylation sites (N-methyl/N-ethyl adjacent to an activating group) is 1. The first kappa shape index (κ1) is 14.9. The molecule has 2 atom stereocenters. The Labute approximate surface area is 120 Å². The number of aromatic nitrogens is 1. The van der Waals surface area contributed by atoms with Crippen LogP contribution in [0.2, 0.25) is 0 Å². The molecule has 0 amide bonds. The summed E-state index contributed by atoms with van der Waals surface area (Å²) >= 11 is 0. The first-order valence-corrected chi connectivity index (χ1v) is 7.29. The molecule has 1 saturated heterocycles. The third-order valence-electron chi connectivity index (χ3n) is 4.08. The van der Waals surface area contributed by atoms with E-state index in [1.807, 2.05) is 17.0 Å². The van der Waals surface area contributed by atoms with Crippen molar-refractivity contribution in [1.29, 1.82) is 0 Å². The Morgan fingerprint density at radius 1 is 1.45 bits per heavy atom. The average Bonchev–Trinajstić information content (AvgIpc) is 2.48. The minimum atomic E-state index is -0.816. The van der Waals surface area contributed by atoms with E-state index in [1.165, 1.54) is 0 Å². The molecule has 1 aliphatic heterocycles. The monoisotopic (exact) mass is 277 g/mol. The van der Waals surface area contributed by atoms with Crippen molar-refractivity contribution in [3.8, 4) is 0 Å². The van der Waals surface area contributed by atoms with Gasteiger partial charge in [-0.1, -0.05) is 19.9 Å². The molecule has 1 aromatic rings. The molecule has 0 spiro atoms. The van der Waals surface area contributed by atoms with Crippen LogP contribution in [0.25, 0.3) is 0 Å². The predicted octanol–water partition coefficient (Wildman–Crippen LogP) is 1.62. The standard InChI is InChI=1S/C15H23N3O2/c1-3-12-11-18(10-9-17(12)4-2)14(15(19)20)13-7-5-6-8-16-13/h5-8,12,14H,3-4,9-11H2,1-2H3,(H,19,20). The third kappa shape index (κ3) is 3.16. The number of aliphatic carboxylic acids is 1. The fourth-order valence-corrected chi connectivity index (χ4v) is 2.96. The Hall–Kier alpha value is -1.46. The molecule has 2 unspecified atom stereocenters. The predicted molar refractivity (Wildman–Crippen MR) is 77.5 cm³/mol. The zero-order chi connectivity index (χ0) is 14.5. The van der Waals surface area contributed by atoms with Crippen LogP contribution in [0.15, 0.2) is 24.4 Å². The molecule has 1 aromatic heterocycles. The highest BCUT2D eigenvalue weighted by Gasteiger charge is 2.34. The lowest BCUT2D eigenvalue weighted by molar-refractivity contribution is -0.145. The first-order chi connectivity index (χ1) is 9.67. The van der Waals surface area contributed by atoms with E-state index >= 15 is 0 Å². The van der Waals surface area contributed by atoms with Crippen molar-refractivity contribution < 1.29 is 9.90 Å². The van der Waals surface area contributed by atoms with Crippen LogP contribution in [-0.2, 0) is 4.79 Å². The van der Waals surface area contributed by atoms with E-state index in [0.29, 0.717) is 11.7 Å². The summed E-state index contributed by atoms with van der Waals surface area (Å²) in [5.74, 6) is -0.816. The lowest BCUT2D eigenvalue weighted by Gasteiger charge is -2.42. The van der Waals surface area contributed by atoms with Crippen molar-refractivity contribution in [2.24, 2.45) is 0 Å². The molecule has 0 saturated carbocycles. The maximum Gasteiger partial charge on any atom is 0.327 e. The molecule has 0 radical (unpaired) electrons. The van der Waals surface area contributed by atoms with Gasteiger partial charge in [-0.05, 0) is 25.1 Å². The summed E-state index contributed by atoms with van der Waals surface area (Å²) in [5.41, 5.74) is 0.625. The van der Waals surface area contributed by atoms with Gasteiger partial charge >= 0.3 is 5.97 Å². The van der Waals surface area contributed by atoms with E-state index < -0.39 is 12.0 Å². The third-order valence-corrected chi connectivity index (χ3v) is 4.08. The molecule has 5 heteroatoms. The average molecular weight is 277 g/mol. The van der Waals surface area contributed by atoms with Crippen molar-refractivity contribution >= 4 is 5.97 Å². The van der Waals surface area contributed by atoms with E-state index in [-0.39, 0.29) is 0 Å². The molecule has 0 aromatic carbocycles. The van der Waals surface area contributed by atoms with Gasteiger partial charge in [0.25, 0.3) is 0 Å². The highest BCUT2D eigenvalue weighted by atomic mass is 16.4. The number of hydrogen-bond donors (Lipinski definition) is 1. The number of piperazine rings is 1. The molecule has 1 aliphatic rings. The van der Waals surface area contributed by atoms with Crippen LogP contribution in [0.1, 0.15) is 32.0 Å². The summed E-state index contributed by atoms with van der Waals surface area (Å²) in [5, 5.41) is 9.57. The maximum absolute atomic E-state index is 11.6. The number of carboxylic acids is 1. The number of pyridine rings is 1. The fourth-order valence-electron chi connectivity index (χ4n) is 2.96. The number of nitrogens with zero attached hydrogens (tertiary/aromatic N) is 3. The highest BCUT2D eigenvalue weighted by Crippen LogP contribution is 2.23. The largest absolute Gasteiger partial charge is 0.480 e. The van der Waals surface area contributed by atoms with Gasteiger partial charge in [0.2, 0.25) is 0 Å². The van der Waals surface area contributed by atoms with Crippen LogP contribution < -0.4 is 0 Å². The van der Waals surface area contributed by atoms with Gasteiger partial charge in [-0.25, -0.2) is 0 Å². The molecule has 5 nitrogen and oxygen atoms in total. The van der Waals surface area contributed by atoms with Gasteiger partial charge in [0.05, 0.1) is 5.69 Å². The number of rotatable bonds is 5. The highest BCUT2D eigenvalue weighted by molar-refractivity contribution is 5.74. The van der Waals surface area contributed by atoms with Crippen molar-refractivity contribution in [2.45, 2.75) is 32.4 Å². The zero-order valence-corrected chi connectivity index (χ0v) is 12.2. The Morgan fingerprint density at radius 2 is 2.25 bits per heavy atom. The van der Waals surface area contributed by atoms with Gasteiger partial charge in [0.1, 0.15) is 0 Å². The van der Waals surface area contributed by atoms with E-state index in [0.717, 1.165) is 32.6 Å². The molecular weight excluding hydrogens is 254 g/mol. The van der Waals surface area contributed by atoms with Crippen molar-refractivity contribution in [3.63, 3.8) is 0 Å². The first-order valence-electron chi connectivity index (χ1n) is 7.29. The zero-order valence-electron chi connectivity index (χ0n) is 12.2. The van der Waals surface area contributed by atoms with Crippen LogP contribution in [0, 0.1) is 0 Å². The van der Waals surface area contributed by atoms with E-state index in [1.54, 1.807) is 12.3 Å². The van der Waals surface area contributed by atoms with E-state index in [4.69, 9.17) is 0 Å². The maximum atomic E-state index is 11.6. The van der Waals surface area contributed by atoms with Gasteiger partial charge < -0.3 is 5.11 Å². The smallest absolute Gasteiger partial charge is 0.327 e. The van der Waals surface area contributed by atoms with Crippen LogP contribution >= 0.6 is 0 Å². The van der Waals surface area contributed by atoms with Crippen LogP contribution in [0.3, 0.4) is 0 Å². The Bertz CT molecular complexity index is 438. The van der Waals surface area contributed by atoms with Crippen LogP contribution in [-0.4, -0.2) is 58.1 Å². The number of carboxylic acid groups (broad SMARTS) is 1. The SMILES string of the molecule is CCC1CN(C(C(=O)O)c2ccccn2)CCN1CC. The molecule has 1 N–H and O–H groups in total. The second-order valence-corrected chi connectivity index (χ2v) is 5.18. The van der Waals surface area contributed by atoms with Crippen LogP contribution in [0.4, 0.5) is 0 Å². The van der Waals surface area contributed by atoms with Crippen molar-refractivity contribution in [3.05, 3.63) is 30.1 Å². The van der Waals surface area contributed by atoms with Gasteiger partial charge in [0.15, 0.2) is 6.04 Å². The van der Waals surface area contributed by atoms with E-state index in [2.05, 4.69) is 23.7 Å². The molecule has 1 fully saturated rings. The Kier molecular flexibility index (Phi) is 5.09. The Balaban J connectivity index is 2.17. The van der Waals surface area contributed by atoms with Gasteiger partial charge in [0, 0.05) is 31.9 Å².